The molecular weight excluding hydrogens is 333 g/mol. The number of nitrogens with one attached hydrogen (secondary N) is 1. The van der Waals surface area contributed by atoms with Gasteiger partial charge in [-0.1, -0.05) is 28.9 Å². The highest BCUT2D eigenvalue weighted by atomic mass is 79.9. The molecule has 20 heavy (non-hydrogen) atoms. The van der Waals surface area contributed by atoms with Crippen molar-refractivity contribution in [3.8, 4) is 0 Å². The fraction of sp³-hybridized carbons (Fsp3) is 0.571. The van der Waals surface area contributed by atoms with Crippen molar-refractivity contribution in [2.24, 2.45) is 0 Å². The van der Waals surface area contributed by atoms with Crippen LogP contribution in [0, 0.1) is 0 Å². The third-order valence-corrected chi connectivity index (χ3v) is 3.70. The van der Waals surface area contributed by atoms with Crippen molar-refractivity contribution in [1.29, 1.82) is 0 Å². The molecule has 0 bridgehead atoms. The molecule has 1 atom stereocenters. The first-order chi connectivity index (χ1) is 9.24. The van der Waals surface area contributed by atoms with Crippen LogP contribution in [0.25, 0.3) is 0 Å². The van der Waals surface area contributed by atoms with E-state index in [4.69, 9.17) is 0 Å². The van der Waals surface area contributed by atoms with E-state index < -0.39 is 12.7 Å². The van der Waals surface area contributed by atoms with Gasteiger partial charge in [0.2, 0.25) is 0 Å². The fourth-order valence-electron chi connectivity index (χ4n) is 1.94. The number of nitrogens with zero attached hydrogens (tertiary/aromatic N) is 1. The summed E-state index contributed by atoms with van der Waals surface area (Å²) >= 11 is 3.44. The van der Waals surface area contributed by atoms with Gasteiger partial charge in [0.05, 0.1) is 0 Å². The lowest BCUT2D eigenvalue weighted by Crippen LogP contribution is -2.30. The van der Waals surface area contributed by atoms with Crippen LogP contribution in [-0.2, 0) is 0 Å². The van der Waals surface area contributed by atoms with Gasteiger partial charge in [0.25, 0.3) is 0 Å². The third-order valence-electron chi connectivity index (χ3n) is 3.01. The van der Waals surface area contributed by atoms with Crippen LogP contribution in [0.2, 0.25) is 0 Å². The number of rotatable bonds is 6. The third kappa shape index (κ3) is 5.32. The molecule has 0 amide bonds. The summed E-state index contributed by atoms with van der Waals surface area (Å²) in [6.45, 7) is 4.07. The van der Waals surface area contributed by atoms with Gasteiger partial charge < -0.3 is 10.2 Å². The number of alkyl halides is 3. The number of halogens is 4. The van der Waals surface area contributed by atoms with E-state index in [2.05, 4.69) is 28.2 Å². The summed E-state index contributed by atoms with van der Waals surface area (Å²) in [6, 6.07) is 5.46. The molecule has 0 saturated heterocycles. The molecule has 0 heterocycles. The van der Waals surface area contributed by atoms with Gasteiger partial charge >= 0.3 is 6.18 Å². The van der Waals surface area contributed by atoms with E-state index in [1.165, 1.54) is 11.9 Å². The maximum atomic E-state index is 12.4. The highest BCUT2D eigenvalue weighted by Crippen LogP contribution is 2.29. The second kappa shape index (κ2) is 7.31. The molecule has 1 aromatic carbocycles. The summed E-state index contributed by atoms with van der Waals surface area (Å²) in [5, 5.41) is 3.35. The van der Waals surface area contributed by atoms with Gasteiger partial charge in [-0.05, 0) is 37.6 Å². The van der Waals surface area contributed by atoms with Gasteiger partial charge in [0, 0.05) is 23.2 Å². The van der Waals surface area contributed by atoms with E-state index in [-0.39, 0.29) is 6.04 Å². The standard InChI is InChI=1S/C14H20BrF3N2/c1-4-7-19-10(2)12-6-5-11(8-13(12)15)20(3)9-14(16,17)18/h5-6,8,10,19H,4,7,9H2,1-3H3. The summed E-state index contributed by atoms with van der Waals surface area (Å²) in [5.41, 5.74) is 1.59. The van der Waals surface area contributed by atoms with Crippen molar-refractivity contribution in [3.63, 3.8) is 0 Å². The highest BCUT2D eigenvalue weighted by molar-refractivity contribution is 9.10. The zero-order valence-corrected chi connectivity index (χ0v) is 13.5. The van der Waals surface area contributed by atoms with Gasteiger partial charge in [-0.25, -0.2) is 0 Å². The smallest absolute Gasteiger partial charge is 0.366 e. The molecule has 2 nitrogen and oxygen atoms in total. The zero-order chi connectivity index (χ0) is 15.3. The minimum Gasteiger partial charge on any atom is -0.366 e. The Bertz CT molecular complexity index is 435. The Morgan fingerprint density at radius 1 is 1.35 bits per heavy atom. The Labute approximate surface area is 126 Å². The molecule has 0 aliphatic heterocycles. The summed E-state index contributed by atoms with van der Waals surface area (Å²) in [6.07, 6.45) is -3.16. The fourth-order valence-corrected chi connectivity index (χ4v) is 2.65. The van der Waals surface area contributed by atoms with Gasteiger partial charge in [-0.3, -0.25) is 0 Å². The average molecular weight is 353 g/mol. The number of anilines is 1. The molecule has 6 heteroatoms. The second-order valence-corrected chi connectivity index (χ2v) is 5.71. The van der Waals surface area contributed by atoms with Gasteiger partial charge in [-0.15, -0.1) is 0 Å². The molecule has 0 spiro atoms. The molecule has 1 N–H and O–H groups in total. The van der Waals surface area contributed by atoms with Crippen LogP contribution in [0.1, 0.15) is 31.9 Å². The first-order valence-electron chi connectivity index (χ1n) is 6.55. The van der Waals surface area contributed by atoms with Crippen molar-refractivity contribution in [1.82, 2.24) is 5.32 Å². The minimum atomic E-state index is -4.20. The average Bonchev–Trinajstić information content (AvgIpc) is 2.33. The Hall–Kier alpha value is -0.750. The monoisotopic (exact) mass is 352 g/mol. The maximum Gasteiger partial charge on any atom is 0.405 e. The molecule has 0 aromatic heterocycles. The van der Waals surface area contributed by atoms with E-state index >= 15 is 0 Å². The van der Waals surface area contributed by atoms with Crippen molar-refractivity contribution in [3.05, 3.63) is 28.2 Å². The van der Waals surface area contributed by atoms with Gasteiger partial charge in [-0.2, -0.15) is 13.2 Å². The van der Waals surface area contributed by atoms with Crippen molar-refractivity contribution in [2.75, 3.05) is 25.0 Å². The lowest BCUT2D eigenvalue weighted by atomic mass is 10.1. The molecule has 0 radical (unpaired) electrons. The highest BCUT2D eigenvalue weighted by Gasteiger charge is 2.29. The largest absolute Gasteiger partial charge is 0.405 e. The molecule has 1 aromatic rings. The molecule has 0 saturated carbocycles. The maximum absolute atomic E-state index is 12.4. The molecule has 0 aliphatic carbocycles. The molecule has 1 unspecified atom stereocenters. The lowest BCUT2D eigenvalue weighted by Gasteiger charge is -2.23. The van der Waals surface area contributed by atoms with Crippen LogP contribution in [0.5, 0.6) is 0 Å². The number of hydrogen-bond donors (Lipinski definition) is 1. The zero-order valence-electron chi connectivity index (χ0n) is 11.9. The normalized spacial score (nSPS) is 13.3. The summed E-state index contributed by atoms with van der Waals surface area (Å²) in [5.74, 6) is 0. The lowest BCUT2D eigenvalue weighted by molar-refractivity contribution is -0.119. The Kier molecular flexibility index (Phi) is 6.33. The van der Waals surface area contributed by atoms with Crippen LogP contribution in [0.3, 0.4) is 0 Å². The molecule has 114 valence electrons. The number of hydrogen-bond acceptors (Lipinski definition) is 2. The Balaban J connectivity index is 2.82. The van der Waals surface area contributed by atoms with E-state index in [0.717, 1.165) is 23.0 Å². The Morgan fingerprint density at radius 3 is 2.50 bits per heavy atom. The quantitative estimate of drug-likeness (QED) is 0.810. The van der Waals surface area contributed by atoms with E-state index in [9.17, 15) is 13.2 Å². The SMILES string of the molecule is CCCNC(C)c1ccc(N(C)CC(F)(F)F)cc1Br. The topological polar surface area (TPSA) is 15.3 Å². The summed E-state index contributed by atoms with van der Waals surface area (Å²) in [7, 11) is 1.44. The van der Waals surface area contributed by atoms with Crippen molar-refractivity contribution < 1.29 is 13.2 Å². The minimum absolute atomic E-state index is 0.159. The first-order valence-corrected chi connectivity index (χ1v) is 7.34. The van der Waals surface area contributed by atoms with E-state index in [0.29, 0.717) is 5.69 Å². The van der Waals surface area contributed by atoms with Crippen LogP contribution < -0.4 is 10.2 Å². The number of benzene rings is 1. The summed E-state index contributed by atoms with van der Waals surface area (Å²) in [4.78, 5) is 1.19. The molecule has 1 rings (SSSR count). The van der Waals surface area contributed by atoms with Crippen LogP contribution in [0.4, 0.5) is 18.9 Å². The van der Waals surface area contributed by atoms with Gasteiger partial charge in [0.15, 0.2) is 0 Å². The predicted molar refractivity (Wildman–Crippen MR) is 80.2 cm³/mol. The van der Waals surface area contributed by atoms with Crippen LogP contribution in [-0.4, -0.2) is 26.3 Å². The van der Waals surface area contributed by atoms with E-state index in [1.807, 2.05) is 13.0 Å². The predicted octanol–water partition coefficient (Wildman–Crippen LogP) is 4.51. The van der Waals surface area contributed by atoms with Crippen LogP contribution in [0.15, 0.2) is 22.7 Å². The first kappa shape index (κ1) is 17.3. The van der Waals surface area contributed by atoms with Crippen molar-refractivity contribution in [2.45, 2.75) is 32.5 Å². The Morgan fingerprint density at radius 2 is 2.00 bits per heavy atom. The van der Waals surface area contributed by atoms with Crippen molar-refractivity contribution >= 4 is 21.6 Å². The van der Waals surface area contributed by atoms with E-state index in [1.54, 1.807) is 12.1 Å². The van der Waals surface area contributed by atoms with Crippen LogP contribution >= 0.6 is 15.9 Å². The summed E-state index contributed by atoms with van der Waals surface area (Å²) < 4.78 is 37.9. The second-order valence-electron chi connectivity index (χ2n) is 4.85. The van der Waals surface area contributed by atoms with Gasteiger partial charge in [0.1, 0.15) is 6.54 Å². The molecule has 0 aliphatic rings. The molecule has 0 fully saturated rings. The molecular formula is C14H20BrF3N2.